The molecule has 0 aromatic heterocycles. The minimum Gasteiger partial charge on any atom is -0.484 e. The number of Topliss-reactive ketones (excluding diaryl/α,β-unsaturated/α-hetero) is 1. The molecule has 5 aromatic rings. The van der Waals surface area contributed by atoms with Gasteiger partial charge in [0.2, 0.25) is 10.0 Å². The Hall–Kier alpha value is -5.74. The van der Waals surface area contributed by atoms with Crippen molar-refractivity contribution in [3.8, 4) is 11.5 Å². The largest absolute Gasteiger partial charge is 0.484 e. The second-order valence-electron chi connectivity index (χ2n) is 21.6. The smallest absolute Gasteiger partial charge is 0.319 e. The number of carbonyl (C=O) groups excluding carboxylic acids is 2. The lowest BCUT2D eigenvalue weighted by atomic mass is 10.0. The highest BCUT2D eigenvalue weighted by Crippen LogP contribution is 2.41. The lowest BCUT2D eigenvalue weighted by molar-refractivity contribution is -0.118. The van der Waals surface area contributed by atoms with Crippen molar-refractivity contribution in [1.29, 1.82) is 0 Å². The third-order valence-electron chi connectivity index (χ3n) is 15.7. The number of nitrogens with zero attached hydrogens (tertiary/aromatic N) is 2. The summed E-state index contributed by atoms with van der Waals surface area (Å²) in [6.45, 7) is 6.99. The van der Waals surface area contributed by atoms with E-state index in [1.807, 2.05) is 0 Å². The average Bonchev–Trinajstić information content (AvgIpc) is 4.26. The van der Waals surface area contributed by atoms with E-state index in [0.29, 0.717) is 62.9 Å². The van der Waals surface area contributed by atoms with Gasteiger partial charge in [-0.25, -0.2) is 26.4 Å². The molecule has 0 bridgehead atoms. The van der Waals surface area contributed by atoms with Gasteiger partial charge in [-0.2, -0.15) is 0 Å². The molecule has 442 valence electrons. The molecule has 2 amide bonds. The summed E-state index contributed by atoms with van der Waals surface area (Å²) in [7, 11) is -7.24. The van der Waals surface area contributed by atoms with Crippen LogP contribution in [-0.4, -0.2) is 148 Å². The number of ether oxygens (including phenoxy) is 6. The number of likely N-dealkylation sites (tertiary alicyclic amines) is 2. The molecule has 2 aliphatic carbocycles. The van der Waals surface area contributed by atoms with Crippen LogP contribution < -0.4 is 24.8 Å². The van der Waals surface area contributed by atoms with Crippen LogP contribution in [0.25, 0.3) is 0 Å². The van der Waals surface area contributed by atoms with Gasteiger partial charge >= 0.3 is 6.03 Å². The van der Waals surface area contributed by atoms with E-state index in [9.17, 15) is 26.4 Å². The number of rotatable bonds is 32. The van der Waals surface area contributed by atoms with Gasteiger partial charge in [0.25, 0.3) is 0 Å². The van der Waals surface area contributed by atoms with Gasteiger partial charge in [-0.1, -0.05) is 73.5 Å². The van der Waals surface area contributed by atoms with Crippen molar-refractivity contribution < 1.29 is 54.8 Å². The lowest BCUT2D eigenvalue weighted by Crippen LogP contribution is -2.43. The van der Waals surface area contributed by atoms with Crippen LogP contribution in [0.4, 0.5) is 10.5 Å². The topological polar surface area (TPSA) is 200 Å². The molecule has 1 unspecified atom stereocenters. The fraction of sp³-hybridized carbons (Fsp3) is 0.492. The maximum Gasteiger partial charge on any atom is 0.319 e. The van der Waals surface area contributed by atoms with Gasteiger partial charge in [0.05, 0.1) is 67.3 Å². The maximum atomic E-state index is 13.1. The van der Waals surface area contributed by atoms with E-state index in [0.717, 1.165) is 44.6 Å². The first-order chi connectivity index (χ1) is 40.0. The van der Waals surface area contributed by atoms with Crippen LogP contribution in [0.2, 0.25) is 0 Å². The van der Waals surface area contributed by atoms with Crippen LogP contribution >= 0.6 is 0 Å². The van der Waals surface area contributed by atoms with Gasteiger partial charge in [0.1, 0.15) is 29.5 Å². The zero-order chi connectivity index (χ0) is 57.0. The minimum absolute atomic E-state index is 0.0389. The summed E-state index contributed by atoms with van der Waals surface area (Å²) in [5, 5.41) is 5.52. The Kier molecular flexibility index (Phi) is 22.8. The summed E-state index contributed by atoms with van der Waals surface area (Å²) in [5.41, 5.74) is 6.46. The van der Waals surface area contributed by atoms with E-state index in [1.165, 1.54) is 60.8 Å². The molecule has 0 spiro atoms. The number of ketones is 1. The van der Waals surface area contributed by atoms with Crippen LogP contribution in [0.15, 0.2) is 131 Å². The molecule has 17 nitrogen and oxygen atoms in total. The molecule has 82 heavy (non-hydrogen) atoms. The number of urea groups is 1. The van der Waals surface area contributed by atoms with E-state index in [1.54, 1.807) is 72.8 Å². The minimum atomic E-state index is -3.74. The predicted octanol–water partition coefficient (Wildman–Crippen LogP) is 8.67. The lowest BCUT2D eigenvalue weighted by Gasteiger charge is -2.35. The summed E-state index contributed by atoms with van der Waals surface area (Å²) in [4.78, 5) is 30.6. The van der Waals surface area contributed by atoms with Crippen LogP contribution in [0.5, 0.6) is 11.5 Å². The Bertz CT molecular complexity index is 2820. The quantitative estimate of drug-likeness (QED) is 0.0346. The molecule has 2 fully saturated rings. The van der Waals surface area contributed by atoms with Gasteiger partial charge in [-0.15, -0.1) is 0 Å². The highest BCUT2D eigenvalue weighted by molar-refractivity contribution is 7.91. The number of sulfonamides is 1. The van der Waals surface area contributed by atoms with E-state index in [4.69, 9.17) is 28.4 Å². The standard InChI is InChI=1S/C63H81N5O12S2/c69-52(15-11-36-75-40-43-78-39-31-65-82(73,74)56-28-24-54(25-29-56)80-62-58-17-6-4-14-50(58)47-60(62)68-34-9-2-10-35-68)45-48-18-20-51(21-19-48)66-63(70)64-30-38-77-42-41-76-37-12-44-81(71,72)55-26-22-53(23-27-55)79-61-57-16-5-3-13-49(57)46-59(61)67-32-7-1-8-33-67/h3-6,13-14,16-29,59-62,65H,1-2,7-12,15,30-47H2,(H2,64,66,70)/t59?,60-,61-,62-/m0/s1. The van der Waals surface area contributed by atoms with Crippen molar-refractivity contribution in [2.45, 2.75) is 111 Å². The second kappa shape index (κ2) is 30.7. The Morgan fingerprint density at radius 1 is 0.512 bits per heavy atom. The van der Waals surface area contributed by atoms with Gasteiger partial charge in [0, 0.05) is 44.8 Å². The molecule has 4 aliphatic rings. The molecule has 9 rings (SSSR count). The monoisotopic (exact) mass is 1160 g/mol. The number of piperidine rings is 2. The van der Waals surface area contributed by atoms with Crippen molar-refractivity contribution in [3.63, 3.8) is 0 Å². The number of anilines is 1. The van der Waals surface area contributed by atoms with Crippen molar-refractivity contribution in [2.24, 2.45) is 0 Å². The van der Waals surface area contributed by atoms with E-state index in [-0.39, 0.29) is 91.6 Å². The zero-order valence-corrected chi connectivity index (χ0v) is 48.7. The summed E-state index contributed by atoms with van der Waals surface area (Å²) < 4.78 is 90.4. The molecule has 3 N–H and O–H groups in total. The van der Waals surface area contributed by atoms with Crippen LogP contribution in [0, 0.1) is 0 Å². The first kappa shape index (κ1) is 60.8. The van der Waals surface area contributed by atoms with Gasteiger partial charge in [0.15, 0.2) is 9.84 Å². The number of hydrogen-bond donors (Lipinski definition) is 3. The molecular weight excluding hydrogens is 1080 g/mol. The normalized spacial score (nSPS) is 19.3. The van der Waals surface area contributed by atoms with Gasteiger partial charge in [-0.3, -0.25) is 14.6 Å². The van der Waals surface area contributed by atoms with E-state index >= 15 is 0 Å². The molecule has 19 heteroatoms. The molecule has 2 saturated heterocycles. The first-order valence-corrected chi connectivity index (χ1v) is 32.5. The van der Waals surface area contributed by atoms with Crippen molar-refractivity contribution in [1.82, 2.24) is 19.8 Å². The summed E-state index contributed by atoms with van der Waals surface area (Å²) in [6.07, 6.45) is 10.6. The fourth-order valence-corrected chi connectivity index (χ4v) is 13.8. The van der Waals surface area contributed by atoms with Crippen LogP contribution in [0.3, 0.4) is 0 Å². The molecule has 2 aliphatic heterocycles. The van der Waals surface area contributed by atoms with Gasteiger partial charge in [-0.05, 0) is 166 Å². The van der Waals surface area contributed by atoms with Crippen molar-refractivity contribution >= 4 is 37.4 Å². The maximum absolute atomic E-state index is 13.1. The van der Waals surface area contributed by atoms with Crippen LogP contribution in [0.1, 0.15) is 97.8 Å². The first-order valence-electron chi connectivity index (χ1n) is 29.4. The number of benzene rings is 5. The average molecular weight is 1160 g/mol. The molecule has 0 radical (unpaired) electrons. The molecular formula is C63H81N5O12S2. The molecule has 5 aromatic carbocycles. The number of sulfone groups is 1. The number of carbonyl (C=O) groups is 2. The molecule has 4 atom stereocenters. The number of hydrogen-bond acceptors (Lipinski definition) is 14. The Morgan fingerprint density at radius 3 is 1.55 bits per heavy atom. The number of nitrogens with one attached hydrogen (secondary N) is 3. The molecule has 0 saturated carbocycles. The van der Waals surface area contributed by atoms with E-state index in [2.05, 4.69) is 73.7 Å². The summed E-state index contributed by atoms with van der Waals surface area (Å²) >= 11 is 0. The second-order valence-corrected chi connectivity index (χ2v) is 25.4. The SMILES string of the molecule is O=C(CCCOCCOCCNS(=O)(=O)c1ccc(O[C@H]2c3ccccc3C[C@@H]2N2CCCCC2)cc1)Cc1ccc(NC(=O)NCCOCCOCCCS(=O)(=O)c2ccc(O[C@H]3c4ccccc4CC3N3CCCCC3)cc2)cc1. The Labute approximate surface area is 484 Å². The predicted molar refractivity (Wildman–Crippen MR) is 315 cm³/mol. The third-order valence-corrected chi connectivity index (χ3v) is 19.0. The zero-order valence-electron chi connectivity index (χ0n) is 47.1. The number of fused-ring (bicyclic) bond motifs is 2. The summed E-state index contributed by atoms with van der Waals surface area (Å²) in [5.74, 6) is 1.33. The Balaban J connectivity index is 0.555. The number of amides is 2. The summed E-state index contributed by atoms with van der Waals surface area (Å²) in [6, 6.07) is 37.5. The van der Waals surface area contributed by atoms with E-state index < -0.39 is 25.9 Å². The molecule has 2 heterocycles. The fourth-order valence-electron chi connectivity index (χ4n) is 11.5. The van der Waals surface area contributed by atoms with Gasteiger partial charge < -0.3 is 39.1 Å². The Morgan fingerprint density at radius 2 is 1.00 bits per heavy atom. The van der Waals surface area contributed by atoms with Crippen LogP contribution in [-0.2, 0) is 62.9 Å². The third kappa shape index (κ3) is 17.7. The highest BCUT2D eigenvalue weighted by atomic mass is 32.2. The van der Waals surface area contributed by atoms with Crippen molar-refractivity contribution in [3.05, 3.63) is 149 Å². The highest BCUT2D eigenvalue weighted by Gasteiger charge is 2.40. The van der Waals surface area contributed by atoms with Crippen molar-refractivity contribution in [2.75, 3.05) is 103 Å².